The minimum atomic E-state index is -1.02. The number of anilines is 3. The molecule has 37 heavy (non-hydrogen) atoms. The fourth-order valence-corrected chi connectivity index (χ4v) is 4.56. The van der Waals surface area contributed by atoms with Gasteiger partial charge in [-0.1, -0.05) is 31.2 Å². The summed E-state index contributed by atoms with van der Waals surface area (Å²) < 4.78 is 27.0. The molecule has 1 unspecified atom stereocenters. The Morgan fingerprint density at radius 3 is 2.49 bits per heavy atom. The first kappa shape index (κ1) is 26.1. The summed E-state index contributed by atoms with van der Waals surface area (Å²) >= 11 is 0. The molecular weight excluding hydrogens is 476 g/mol. The molecule has 0 radical (unpaired) electrons. The molecule has 3 amide bonds. The normalized spacial score (nSPS) is 15.4. The number of nitrogens with zero attached hydrogens (tertiary/aromatic N) is 2. The number of nitrogens with two attached hydrogens (primary N) is 1. The van der Waals surface area contributed by atoms with Gasteiger partial charge in [0.1, 0.15) is 0 Å². The largest absolute Gasteiger partial charge is 0.397 e. The van der Waals surface area contributed by atoms with E-state index in [1.54, 1.807) is 53.4 Å². The highest BCUT2D eigenvalue weighted by atomic mass is 19.2. The van der Waals surface area contributed by atoms with E-state index in [0.29, 0.717) is 23.5 Å². The van der Waals surface area contributed by atoms with Crippen LogP contribution < -0.4 is 16.4 Å². The van der Waals surface area contributed by atoms with Gasteiger partial charge in [0.25, 0.3) is 5.91 Å². The molecule has 4 N–H and O–H groups in total. The predicted molar refractivity (Wildman–Crippen MR) is 141 cm³/mol. The second kappa shape index (κ2) is 11.8. The first-order valence-corrected chi connectivity index (χ1v) is 12.3. The lowest BCUT2D eigenvalue weighted by atomic mass is 10.1. The topological polar surface area (TPSA) is 90.7 Å². The Kier molecular flexibility index (Phi) is 8.35. The Morgan fingerprint density at radius 2 is 1.78 bits per heavy atom. The Bertz CT molecular complexity index is 1250. The van der Waals surface area contributed by atoms with Crippen LogP contribution in [0.4, 0.5) is 30.6 Å². The van der Waals surface area contributed by atoms with Crippen molar-refractivity contribution >= 4 is 29.0 Å². The minimum Gasteiger partial charge on any atom is -0.397 e. The van der Waals surface area contributed by atoms with Crippen molar-refractivity contribution in [1.29, 1.82) is 0 Å². The van der Waals surface area contributed by atoms with Crippen LogP contribution in [0.15, 0.2) is 66.7 Å². The molecule has 7 nitrogen and oxygen atoms in total. The molecule has 0 bridgehead atoms. The first-order chi connectivity index (χ1) is 17.8. The van der Waals surface area contributed by atoms with Gasteiger partial charge < -0.3 is 21.3 Å². The number of likely N-dealkylation sites (tertiary alicyclic amines) is 1. The number of likely N-dealkylation sites (N-methyl/N-ethyl adjacent to an activating group) is 1. The smallest absolute Gasteiger partial charge is 0.322 e. The van der Waals surface area contributed by atoms with Crippen LogP contribution in [0.1, 0.15) is 35.7 Å². The number of carbonyl (C=O) groups is 2. The third-order valence-corrected chi connectivity index (χ3v) is 6.59. The van der Waals surface area contributed by atoms with E-state index in [1.807, 2.05) is 0 Å². The molecule has 1 saturated heterocycles. The van der Waals surface area contributed by atoms with Gasteiger partial charge in [-0.2, -0.15) is 0 Å². The summed E-state index contributed by atoms with van der Waals surface area (Å²) in [4.78, 5) is 29.9. The summed E-state index contributed by atoms with van der Waals surface area (Å²) in [6, 6.07) is 17.1. The van der Waals surface area contributed by atoms with Gasteiger partial charge in [-0.05, 0) is 67.9 Å². The minimum absolute atomic E-state index is 0.180. The third-order valence-electron chi connectivity index (χ3n) is 6.59. The number of benzene rings is 3. The van der Waals surface area contributed by atoms with Crippen molar-refractivity contribution in [2.24, 2.45) is 0 Å². The van der Waals surface area contributed by atoms with E-state index in [9.17, 15) is 18.4 Å². The van der Waals surface area contributed by atoms with Crippen molar-refractivity contribution in [3.05, 3.63) is 89.5 Å². The van der Waals surface area contributed by atoms with E-state index in [0.717, 1.165) is 43.6 Å². The maximum absolute atomic E-state index is 13.7. The van der Waals surface area contributed by atoms with Gasteiger partial charge in [-0.15, -0.1) is 0 Å². The van der Waals surface area contributed by atoms with Gasteiger partial charge in [0.15, 0.2) is 11.6 Å². The summed E-state index contributed by atoms with van der Waals surface area (Å²) in [5.41, 5.74) is 8.39. The van der Waals surface area contributed by atoms with Crippen LogP contribution in [0.3, 0.4) is 0 Å². The number of hydrogen-bond donors (Lipinski definition) is 3. The van der Waals surface area contributed by atoms with E-state index in [-0.39, 0.29) is 24.2 Å². The number of nitrogen functional groups attached to an aromatic ring is 1. The predicted octanol–water partition coefficient (Wildman–Crippen LogP) is 5.32. The summed E-state index contributed by atoms with van der Waals surface area (Å²) in [5, 5.41) is 5.48. The number of amides is 3. The molecule has 0 saturated carbocycles. The van der Waals surface area contributed by atoms with Crippen LogP contribution in [-0.4, -0.2) is 47.4 Å². The number of carbonyl (C=O) groups excluding carboxylic acids is 2. The third kappa shape index (κ3) is 6.62. The van der Waals surface area contributed by atoms with Gasteiger partial charge in [-0.25, -0.2) is 13.6 Å². The second-order valence-electron chi connectivity index (χ2n) is 9.10. The van der Waals surface area contributed by atoms with Crippen molar-refractivity contribution < 1.29 is 18.4 Å². The number of rotatable bonds is 8. The lowest BCUT2D eigenvalue weighted by Gasteiger charge is -2.30. The Labute approximate surface area is 215 Å². The van der Waals surface area contributed by atoms with Crippen LogP contribution in [0, 0.1) is 11.6 Å². The monoisotopic (exact) mass is 507 g/mol. The molecule has 4 rings (SSSR count). The molecule has 0 aliphatic carbocycles. The van der Waals surface area contributed by atoms with Crippen molar-refractivity contribution in [2.45, 2.75) is 32.4 Å². The molecule has 1 fully saturated rings. The number of halogens is 2. The zero-order chi connectivity index (χ0) is 26.4. The Balaban J connectivity index is 1.47. The molecule has 1 aliphatic heterocycles. The fraction of sp³-hybridized carbons (Fsp3) is 0.286. The quantitative estimate of drug-likeness (QED) is 0.360. The summed E-state index contributed by atoms with van der Waals surface area (Å²) in [6.07, 6.45) is 2.04. The molecule has 9 heteroatoms. The van der Waals surface area contributed by atoms with Crippen molar-refractivity contribution in [1.82, 2.24) is 9.80 Å². The lowest BCUT2D eigenvalue weighted by molar-refractivity contribution is 0.102. The molecular formula is C28H31F2N5O2. The number of hydrogen-bond acceptors (Lipinski definition) is 4. The highest BCUT2D eigenvalue weighted by Gasteiger charge is 2.27. The average Bonchev–Trinajstić information content (AvgIpc) is 3.35. The van der Waals surface area contributed by atoms with E-state index >= 15 is 0 Å². The van der Waals surface area contributed by atoms with Crippen molar-refractivity contribution in [3.63, 3.8) is 0 Å². The van der Waals surface area contributed by atoms with Gasteiger partial charge in [0.2, 0.25) is 0 Å². The first-order valence-electron chi connectivity index (χ1n) is 12.3. The average molecular weight is 508 g/mol. The van der Waals surface area contributed by atoms with Crippen LogP contribution in [0.5, 0.6) is 0 Å². The molecule has 0 spiro atoms. The zero-order valence-electron chi connectivity index (χ0n) is 20.7. The number of para-hydroxylation sites is 2. The van der Waals surface area contributed by atoms with Crippen LogP contribution >= 0.6 is 0 Å². The van der Waals surface area contributed by atoms with Crippen LogP contribution in [0.2, 0.25) is 0 Å². The summed E-state index contributed by atoms with van der Waals surface area (Å²) in [7, 11) is 0. The van der Waals surface area contributed by atoms with Gasteiger partial charge in [0.05, 0.1) is 11.4 Å². The summed E-state index contributed by atoms with van der Waals surface area (Å²) in [6.45, 7) is 4.74. The van der Waals surface area contributed by atoms with Gasteiger partial charge >= 0.3 is 6.03 Å². The molecule has 0 aromatic heterocycles. The van der Waals surface area contributed by atoms with Gasteiger partial charge in [0, 0.05) is 36.4 Å². The second-order valence-corrected chi connectivity index (χ2v) is 9.10. The van der Waals surface area contributed by atoms with Gasteiger partial charge in [-0.3, -0.25) is 9.69 Å². The molecule has 3 aromatic carbocycles. The number of urea groups is 1. The maximum Gasteiger partial charge on any atom is 0.322 e. The van der Waals surface area contributed by atoms with Crippen LogP contribution in [0.25, 0.3) is 0 Å². The van der Waals surface area contributed by atoms with E-state index in [1.165, 1.54) is 6.07 Å². The number of nitrogens with one attached hydrogen (secondary N) is 2. The zero-order valence-corrected chi connectivity index (χ0v) is 20.7. The summed E-state index contributed by atoms with van der Waals surface area (Å²) in [5.74, 6) is -2.29. The molecule has 3 aromatic rings. The molecule has 1 atom stereocenters. The molecule has 1 heterocycles. The van der Waals surface area contributed by atoms with Crippen LogP contribution in [-0.2, 0) is 6.54 Å². The lowest BCUT2D eigenvalue weighted by Crippen LogP contribution is -2.44. The van der Waals surface area contributed by atoms with E-state index in [4.69, 9.17) is 5.73 Å². The van der Waals surface area contributed by atoms with E-state index < -0.39 is 17.7 Å². The molecule has 194 valence electrons. The molecule has 1 aliphatic rings. The maximum atomic E-state index is 13.7. The Morgan fingerprint density at radius 1 is 1.03 bits per heavy atom. The van der Waals surface area contributed by atoms with Crippen molar-refractivity contribution in [3.8, 4) is 0 Å². The highest BCUT2D eigenvalue weighted by molar-refractivity contribution is 6.05. The fourth-order valence-electron chi connectivity index (χ4n) is 4.56. The standard InChI is InChI=1S/C28H31F2N5O2/c1-2-34-15-5-6-22(34)18-35(28(37)32-21-13-14-23(29)24(30)16-21)17-19-9-11-20(12-10-19)27(36)33-26-8-4-3-7-25(26)31/h3-4,7-14,16,22H,2,5-6,15,17-18,31H2,1H3,(H,32,37)(H,33,36). The highest BCUT2D eigenvalue weighted by Crippen LogP contribution is 2.21. The Hall–Kier alpha value is -3.98. The van der Waals surface area contributed by atoms with Crippen molar-refractivity contribution in [2.75, 3.05) is 36.0 Å². The van der Waals surface area contributed by atoms with E-state index in [2.05, 4.69) is 22.5 Å². The SMILES string of the molecule is CCN1CCCC1CN(Cc1ccc(C(=O)Nc2ccccc2N)cc1)C(=O)Nc1ccc(F)c(F)c1.